The third-order valence-corrected chi connectivity index (χ3v) is 2.54. The van der Waals surface area contributed by atoms with Crippen LogP contribution >= 0.6 is 22.6 Å². The van der Waals surface area contributed by atoms with Gasteiger partial charge in [-0.1, -0.05) is 0 Å². The number of hydrogen-bond donors (Lipinski definition) is 2. The zero-order chi connectivity index (χ0) is 8.72. The molecular formula is C6H7IN4O. The Morgan fingerprint density at radius 1 is 1.83 bits per heavy atom. The molecule has 0 saturated carbocycles. The second kappa shape index (κ2) is 2.70. The number of nitrogens with one attached hydrogen (secondary N) is 1. The van der Waals surface area contributed by atoms with Crippen LogP contribution in [0.25, 0.3) is 0 Å². The van der Waals surface area contributed by atoms with Crippen LogP contribution in [0.15, 0.2) is 6.20 Å². The van der Waals surface area contributed by atoms with E-state index < -0.39 is 0 Å². The molecule has 0 spiro atoms. The van der Waals surface area contributed by atoms with Gasteiger partial charge >= 0.3 is 0 Å². The zero-order valence-corrected chi connectivity index (χ0v) is 8.28. The molecule has 12 heavy (non-hydrogen) atoms. The van der Waals surface area contributed by atoms with Gasteiger partial charge in [-0.25, -0.2) is 4.68 Å². The number of fused-ring (bicyclic) bond motifs is 1. The summed E-state index contributed by atoms with van der Waals surface area (Å²) in [6, 6.07) is 0. The quantitative estimate of drug-likeness (QED) is 0.639. The Hall–Kier alpha value is -0.630. The van der Waals surface area contributed by atoms with Gasteiger partial charge in [0, 0.05) is 0 Å². The number of carbonyl (C=O) groups excluding carboxylic acids is 1. The molecule has 0 saturated heterocycles. The van der Waals surface area contributed by atoms with Gasteiger partial charge in [0.15, 0.2) is 0 Å². The average Bonchev–Trinajstić information content (AvgIpc) is 2.42. The lowest BCUT2D eigenvalue weighted by molar-refractivity contribution is 0.0909. The molecule has 0 fully saturated rings. The van der Waals surface area contributed by atoms with E-state index in [0.29, 0.717) is 12.2 Å². The Labute approximate surface area is 82.4 Å². The molecule has 1 aliphatic heterocycles. The maximum Gasteiger partial charge on any atom is 0.270 e. The second-order valence-corrected chi connectivity index (χ2v) is 3.73. The number of aromatic nitrogens is 2. The van der Waals surface area contributed by atoms with E-state index in [-0.39, 0.29) is 12.1 Å². The summed E-state index contributed by atoms with van der Waals surface area (Å²) in [5, 5.41) is 6.70. The lowest BCUT2D eigenvalue weighted by Crippen LogP contribution is -2.43. The first-order chi connectivity index (χ1) is 5.70. The summed E-state index contributed by atoms with van der Waals surface area (Å²) >= 11 is 2.06. The van der Waals surface area contributed by atoms with Crippen molar-refractivity contribution < 1.29 is 4.79 Å². The Morgan fingerprint density at radius 2 is 2.58 bits per heavy atom. The van der Waals surface area contributed by atoms with E-state index >= 15 is 0 Å². The molecule has 1 aromatic rings. The molecule has 6 heteroatoms. The number of amides is 1. The Bertz CT molecular complexity index is 334. The summed E-state index contributed by atoms with van der Waals surface area (Å²) in [6.45, 7) is 0.448. The predicted molar refractivity (Wildman–Crippen MR) is 50.5 cm³/mol. The number of hydrogen-bond acceptors (Lipinski definition) is 3. The normalized spacial score (nSPS) is 21.8. The van der Waals surface area contributed by atoms with Gasteiger partial charge < -0.3 is 11.1 Å². The van der Waals surface area contributed by atoms with E-state index in [1.54, 1.807) is 10.9 Å². The van der Waals surface area contributed by atoms with Crippen molar-refractivity contribution in [3.05, 3.63) is 15.5 Å². The van der Waals surface area contributed by atoms with Crippen LogP contribution in [-0.4, -0.2) is 22.2 Å². The molecule has 1 aliphatic rings. The summed E-state index contributed by atoms with van der Waals surface area (Å²) in [5.41, 5.74) is 6.27. The lowest BCUT2D eigenvalue weighted by Gasteiger charge is -2.21. The third-order valence-electron chi connectivity index (χ3n) is 1.75. The monoisotopic (exact) mass is 278 g/mol. The van der Waals surface area contributed by atoms with Gasteiger partial charge in [0.25, 0.3) is 5.91 Å². The van der Waals surface area contributed by atoms with Crippen LogP contribution in [0, 0.1) is 3.57 Å². The number of nitrogens with zero attached hydrogens (tertiary/aromatic N) is 2. The smallest absolute Gasteiger partial charge is 0.270 e. The molecular weight excluding hydrogens is 271 g/mol. The minimum Gasteiger partial charge on any atom is -0.347 e. The largest absolute Gasteiger partial charge is 0.347 e. The molecule has 2 rings (SSSR count). The fraction of sp³-hybridized carbons (Fsp3) is 0.333. The van der Waals surface area contributed by atoms with Crippen molar-refractivity contribution in [2.45, 2.75) is 6.17 Å². The lowest BCUT2D eigenvalue weighted by atomic mass is 10.3. The van der Waals surface area contributed by atoms with Crippen LogP contribution in [0.4, 0.5) is 0 Å². The third kappa shape index (κ3) is 1.02. The van der Waals surface area contributed by atoms with Crippen molar-refractivity contribution in [1.82, 2.24) is 15.1 Å². The predicted octanol–water partition coefficient (Wildman–Crippen LogP) is -0.312. The number of carbonyl (C=O) groups is 1. The van der Waals surface area contributed by atoms with Gasteiger partial charge in [0.1, 0.15) is 11.9 Å². The summed E-state index contributed by atoms with van der Waals surface area (Å²) < 4.78 is 2.39. The van der Waals surface area contributed by atoms with Crippen molar-refractivity contribution in [1.29, 1.82) is 0 Å². The highest BCUT2D eigenvalue weighted by molar-refractivity contribution is 14.1. The number of halogens is 1. The molecule has 2 heterocycles. The molecule has 64 valence electrons. The summed E-state index contributed by atoms with van der Waals surface area (Å²) in [5.74, 6) is -0.0985. The Morgan fingerprint density at radius 3 is 3.25 bits per heavy atom. The van der Waals surface area contributed by atoms with Crippen LogP contribution in [0.5, 0.6) is 0 Å². The van der Waals surface area contributed by atoms with Gasteiger partial charge in [0.05, 0.1) is 16.3 Å². The minimum atomic E-state index is -0.235. The van der Waals surface area contributed by atoms with Crippen molar-refractivity contribution in [2.75, 3.05) is 6.54 Å². The Balaban J connectivity index is 2.57. The highest BCUT2D eigenvalue weighted by Crippen LogP contribution is 2.16. The minimum absolute atomic E-state index is 0.0985. The van der Waals surface area contributed by atoms with Gasteiger partial charge in [-0.15, -0.1) is 0 Å². The molecule has 0 aromatic carbocycles. The number of nitrogens with two attached hydrogens (primary N) is 1. The zero-order valence-electron chi connectivity index (χ0n) is 6.12. The molecule has 1 amide bonds. The molecule has 0 aliphatic carbocycles. The summed E-state index contributed by atoms with van der Waals surface area (Å²) in [6.07, 6.45) is 1.40. The maximum atomic E-state index is 11.3. The van der Waals surface area contributed by atoms with E-state index in [4.69, 9.17) is 5.73 Å². The molecule has 1 atom stereocenters. The van der Waals surface area contributed by atoms with Crippen LogP contribution in [-0.2, 0) is 0 Å². The first-order valence-corrected chi connectivity index (χ1v) is 4.55. The highest BCUT2D eigenvalue weighted by Gasteiger charge is 2.25. The van der Waals surface area contributed by atoms with E-state index in [1.807, 2.05) is 0 Å². The van der Waals surface area contributed by atoms with Gasteiger partial charge in [-0.2, -0.15) is 5.10 Å². The molecule has 3 N–H and O–H groups in total. The van der Waals surface area contributed by atoms with Crippen molar-refractivity contribution in [3.8, 4) is 0 Å². The highest BCUT2D eigenvalue weighted by atomic mass is 127. The topological polar surface area (TPSA) is 72.9 Å². The van der Waals surface area contributed by atoms with Crippen LogP contribution in [0.3, 0.4) is 0 Å². The van der Waals surface area contributed by atoms with E-state index in [1.165, 1.54) is 0 Å². The molecule has 0 unspecified atom stereocenters. The summed E-state index contributed by atoms with van der Waals surface area (Å²) in [4.78, 5) is 11.3. The molecule has 5 nitrogen and oxygen atoms in total. The van der Waals surface area contributed by atoms with Crippen molar-refractivity contribution in [2.24, 2.45) is 5.73 Å². The Kier molecular flexibility index (Phi) is 1.80. The average molecular weight is 278 g/mol. The van der Waals surface area contributed by atoms with Crippen LogP contribution < -0.4 is 11.1 Å². The van der Waals surface area contributed by atoms with E-state index in [0.717, 1.165) is 3.57 Å². The summed E-state index contributed by atoms with van der Waals surface area (Å²) in [7, 11) is 0. The first-order valence-electron chi connectivity index (χ1n) is 3.47. The van der Waals surface area contributed by atoms with Crippen molar-refractivity contribution in [3.63, 3.8) is 0 Å². The number of rotatable bonds is 0. The van der Waals surface area contributed by atoms with E-state index in [9.17, 15) is 4.79 Å². The van der Waals surface area contributed by atoms with Gasteiger partial charge in [-0.3, -0.25) is 4.79 Å². The molecule has 1 aromatic heterocycles. The fourth-order valence-electron chi connectivity index (χ4n) is 1.17. The van der Waals surface area contributed by atoms with Crippen LogP contribution in [0.2, 0.25) is 0 Å². The molecule has 0 radical (unpaired) electrons. The van der Waals surface area contributed by atoms with E-state index in [2.05, 4.69) is 33.0 Å². The van der Waals surface area contributed by atoms with Gasteiger partial charge in [0.2, 0.25) is 0 Å². The SMILES string of the molecule is N[C@H]1CNC(=O)c2c(I)cnn21. The van der Waals surface area contributed by atoms with Crippen LogP contribution in [0.1, 0.15) is 16.7 Å². The standard InChI is InChI=1S/C6H7IN4O/c7-3-1-10-11-4(8)2-9-6(12)5(3)11/h1,4H,2,8H2,(H,9,12)/t4-/m1/s1. The van der Waals surface area contributed by atoms with Crippen molar-refractivity contribution >= 4 is 28.5 Å². The van der Waals surface area contributed by atoms with Gasteiger partial charge in [-0.05, 0) is 22.6 Å². The second-order valence-electron chi connectivity index (χ2n) is 2.56. The fourth-order valence-corrected chi connectivity index (χ4v) is 1.79. The maximum absolute atomic E-state index is 11.3. The first kappa shape index (κ1) is 7.99. The molecule has 0 bridgehead atoms.